The average molecular weight is 347 g/mol. The Morgan fingerprint density at radius 2 is 1.92 bits per heavy atom. The summed E-state index contributed by atoms with van der Waals surface area (Å²) >= 11 is 0. The number of morpholine rings is 1. The molecule has 2 aromatic rings. The number of carbonyl (C=O) groups is 1. The van der Waals surface area contributed by atoms with E-state index < -0.39 is 11.8 Å². The summed E-state index contributed by atoms with van der Waals surface area (Å²) in [6.45, 7) is 2.74. The molecule has 1 N–H and O–H groups in total. The van der Waals surface area contributed by atoms with E-state index in [-0.39, 0.29) is 12.1 Å². The quantitative estimate of drug-likeness (QED) is 0.902. The van der Waals surface area contributed by atoms with Gasteiger partial charge in [-0.3, -0.25) is 4.79 Å². The normalized spacial score (nSPS) is 15.0. The highest BCUT2D eigenvalue weighted by molar-refractivity contribution is 5.84. The Morgan fingerprint density at radius 1 is 1.20 bits per heavy atom. The molecule has 1 aromatic carbocycles. The SMILES string of the molecule is O=C(NCc1ccnc(N2CCOCC2)c1)C(F)(F)c1ccccc1. The summed E-state index contributed by atoms with van der Waals surface area (Å²) in [5, 5.41) is 2.31. The second-order valence-corrected chi connectivity index (χ2v) is 5.74. The molecule has 7 heteroatoms. The molecule has 5 nitrogen and oxygen atoms in total. The molecule has 1 amide bonds. The largest absolute Gasteiger partial charge is 0.378 e. The van der Waals surface area contributed by atoms with Gasteiger partial charge in [0.2, 0.25) is 0 Å². The molecule has 1 aliphatic rings. The van der Waals surface area contributed by atoms with Gasteiger partial charge in [0, 0.05) is 31.4 Å². The van der Waals surface area contributed by atoms with E-state index in [1.54, 1.807) is 24.4 Å². The third kappa shape index (κ3) is 4.11. The molecular weight excluding hydrogens is 328 g/mol. The number of amides is 1. The molecular formula is C18H19F2N3O2. The van der Waals surface area contributed by atoms with Crippen LogP contribution in [0.1, 0.15) is 11.1 Å². The first-order chi connectivity index (χ1) is 12.1. The standard InChI is InChI=1S/C18H19F2N3O2/c19-18(20,15-4-2-1-3-5-15)17(24)22-13-14-6-7-21-16(12-14)23-8-10-25-11-9-23/h1-7,12H,8-11,13H2,(H,22,24). The molecule has 25 heavy (non-hydrogen) atoms. The molecule has 0 bridgehead atoms. The second-order valence-electron chi connectivity index (χ2n) is 5.74. The van der Waals surface area contributed by atoms with Crippen molar-refractivity contribution in [3.8, 4) is 0 Å². The van der Waals surface area contributed by atoms with E-state index in [1.807, 2.05) is 0 Å². The van der Waals surface area contributed by atoms with Crippen LogP contribution in [0, 0.1) is 0 Å². The molecule has 1 fully saturated rings. The van der Waals surface area contributed by atoms with Crippen LogP contribution < -0.4 is 10.2 Å². The van der Waals surface area contributed by atoms with Crippen LogP contribution in [0.4, 0.5) is 14.6 Å². The summed E-state index contributed by atoms with van der Waals surface area (Å²) in [4.78, 5) is 18.3. The van der Waals surface area contributed by atoms with Crippen LogP contribution in [0.25, 0.3) is 0 Å². The van der Waals surface area contributed by atoms with E-state index >= 15 is 0 Å². The molecule has 1 aromatic heterocycles. The van der Waals surface area contributed by atoms with E-state index in [2.05, 4.69) is 15.2 Å². The van der Waals surface area contributed by atoms with Gasteiger partial charge in [-0.25, -0.2) is 4.98 Å². The number of rotatable bonds is 5. The Bertz CT molecular complexity index is 719. The maximum absolute atomic E-state index is 14.2. The molecule has 3 rings (SSSR count). The number of carbonyl (C=O) groups excluding carboxylic acids is 1. The van der Waals surface area contributed by atoms with Crippen LogP contribution in [-0.4, -0.2) is 37.2 Å². The number of nitrogens with one attached hydrogen (secondary N) is 1. The number of alkyl halides is 2. The highest BCUT2D eigenvalue weighted by atomic mass is 19.3. The second kappa shape index (κ2) is 7.57. The van der Waals surface area contributed by atoms with Crippen molar-refractivity contribution in [1.29, 1.82) is 0 Å². The first-order valence-electron chi connectivity index (χ1n) is 8.06. The molecule has 0 aliphatic carbocycles. The number of hydrogen-bond donors (Lipinski definition) is 1. The van der Waals surface area contributed by atoms with Crippen molar-refractivity contribution in [2.75, 3.05) is 31.2 Å². The van der Waals surface area contributed by atoms with Gasteiger partial charge in [-0.1, -0.05) is 30.3 Å². The van der Waals surface area contributed by atoms with Crippen molar-refractivity contribution in [2.24, 2.45) is 0 Å². The van der Waals surface area contributed by atoms with Gasteiger partial charge in [-0.2, -0.15) is 8.78 Å². The highest BCUT2D eigenvalue weighted by Crippen LogP contribution is 2.28. The first-order valence-corrected chi connectivity index (χ1v) is 8.06. The number of halogens is 2. The smallest absolute Gasteiger partial charge is 0.349 e. The van der Waals surface area contributed by atoms with Gasteiger partial charge in [0.1, 0.15) is 5.82 Å². The van der Waals surface area contributed by atoms with Gasteiger partial charge in [0.05, 0.1) is 13.2 Å². The summed E-state index contributed by atoms with van der Waals surface area (Å²) in [6, 6.07) is 10.6. The molecule has 0 atom stereocenters. The highest BCUT2D eigenvalue weighted by Gasteiger charge is 2.40. The van der Waals surface area contributed by atoms with Gasteiger partial charge in [0.25, 0.3) is 5.91 Å². The minimum absolute atomic E-state index is 0.0150. The fraction of sp³-hybridized carbons (Fsp3) is 0.333. The molecule has 0 radical (unpaired) electrons. The maximum atomic E-state index is 14.2. The lowest BCUT2D eigenvalue weighted by atomic mass is 10.1. The number of nitrogens with zero attached hydrogens (tertiary/aromatic N) is 2. The molecule has 2 heterocycles. The van der Waals surface area contributed by atoms with Gasteiger partial charge in [-0.05, 0) is 17.7 Å². The van der Waals surface area contributed by atoms with Crippen molar-refractivity contribution in [3.05, 3.63) is 59.8 Å². The minimum atomic E-state index is -3.57. The Morgan fingerprint density at radius 3 is 2.64 bits per heavy atom. The van der Waals surface area contributed by atoms with Gasteiger partial charge >= 0.3 is 5.92 Å². The van der Waals surface area contributed by atoms with Crippen LogP contribution in [-0.2, 0) is 22.0 Å². The van der Waals surface area contributed by atoms with Crippen molar-refractivity contribution in [2.45, 2.75) is 12.5 Å². The van der Waals surface area contributed by atoms with E-state index in [4.69, 9.17) is 4.74 Å². The summed E-state index contributed by atoms with van der Waals surface area (Å²) in [5.41, 5.74) is 0.393. The van der Waals surface area contributed by atoms with E-state index in [0.29, 0.717) is 18.8 Å². The fourth-order valence-electron chi connectivity index (χ4n) is 2.61. The minimum Gasteiger partial charge on any atom is -0.378 e. The number of anilines is 1. The summed E-state index contributed by atoms with van der Waals surface area (Å²) in [7, 11) is 0. The molecule has 1 saturated heterocycles. The Balaban J connectivity index is 1.64. The monoisotopic (exact) mass is 347 g/mol. The number of benzene rings is 1. The van der Waals surface area contributed by atoms with Crippen molar-refractivity contribution < 1.29 is 18.3 Å². The van der Waals surface area contributed by atoms with Crippen LogP contribution in [0.2, 0.25) is 0 Å². The topological polar surface area (TPSA) is 54.5 Å². The lowest BCUT2D eigenvalue weighted by molar-refractivity contribution is -0.147. The zero-order valence-electron chi connectivity index (χ0n) is 13.6. The Hall–Kier alpha value is -2.54. The summed E-state index contributed by atoms with van der Waals surface area (Å²) in [6.07, 6.45) is 1.61. The van der Waals surface area contributed by atoms with Crippen molar-refractivity contribution >= 4 is 11.7 Å². The van der Waals surface area contributed by atoms with Crippen molar-refractivity contribution in [3.63, 3.8) is 0 Å². The molecule has 1 aliphatic heterocycles. The third-order valence-electron chi connectivity index (χ3n) is 4.02. The average Bonchev–Trinajstić information content (AvgIpc) is 2.67. The van der Waals surface area contributed by atoms with Crippen LogP contribution in [0.3, 0.4) is 0 Å². The first kappa shape index (κ1) is 17.3. The van der Waals surface area contributed by atoms with Gasteiger partial charge in [0.15, 0.2) is 0 Å². The number of pyridine rings is 1. The van der Waals surface area contributed by atoms with Crippen LogP contribution in [0.5, 0.6) is 0 Å². The number of hydrogen-bond acceptors (Lipinski definition) is 4. The van der Waals surface area contributed by atoms with Gasteiger partial charge in [-0.15, -0.1) is 0 Å². The Kier molecular flexibility index (Phi) is 5.23. The number of aromatic nitrogens is 1. The number of ether oxygens (including phenoxy) is 1. The maximum Gasteiger partial charge on any atom is 0.349 e. The van der Waals surface area contributed by atoms with E-state index in [9.17, 15) is 13.6 Å². The lowest BCUT2D eigenvalue weighted by Gasteiger charge is -2.28. The molecule has 132 valence electrons. The van der Waals surface area contributed by atoms with Crippen molar-refractivity contribution in [1.82, 2.24) is 10.3 Å². The predicted molar refractivity (Wildman–Crippen MR) is 89.5 cm³/mol. The van der Waals surface area contributed by atoms with E-state index in [0.717, 1.165) is 18.9 Å². The summed E-state index contributed by atoms with van der Waals surface area (Å²) < 4.78 is 33.7. The third-order valence-corrected chi connectivity index (χ3v) is 4.02. The molecule has 0 spiro atoms. The zero-order chi connectivity index (χ0) is 17.7. The van der Waals surface area contributed by atoms with Crippen LogP contribution in [0.15, 0.2) is 48.7 Å². The van der Waals surface area contributed by atoms with E-state index in [1.165, 1.54) is 24.3 Å². The molecule has 0 saturated carbocycles. The summed E-state index contributed by atoms with van der Waals surface area (Å²) in [5.74, 6) is -4.13. The fourth-order valence-corrected chi connectivity index (χ4v) is 2.61. The predicted octanol–water partition coefficient (Wildman–Crippen LogP) is 2.33. The zero-order valence-corrected chi connectivity index (χ0v) is 13.6. The van der Waals surface area contributed by atoms with Gasteiger partial charge < -0.3 is 15.0 Å². The Labute approximate surface area is 144 Å². The molecule has 0 unspecified atom stereocenters. The lowest BCUT2D eigenvalue weighted by Crippen LogP contribution is -2.38. The van der Waals surface area contributed by atoms with Crippen LogP contribution >= 0.6 is 0 Å².